The summed E-state index contributed by atoms with van der Waals surface area (Å²) in [6.45, 7) is 8.85. The largest absolute Gasteiger partial charge is 0.497 e. The van der Waals surface area contributed by atoms with Gasteiger partial charge in [0.15, 0.2) is 0 Å². The summed E-state index contributed by atoms with van der Waals surface area (Å²) >= 11 is 0. The number of carbonyl (C=O) groups excluding carboxylic acids is 2. The lowest BCUT2D eigenvalue weighted by Crippen LogP contribution is -2.47. The summed E-state index contributed by atoms with van der Waals surface area (Å²) in [6, 6.07) is 8.31. The highest BCUT2D eigenvalue weighted by molar-refractivity contribution is 5.97. The predicted molar refractivity (Wildman–Crippen MR) is 132 cm³/mol. The van der Waals surface area contributed by atoms with Crippen molar-refractivity contribution in [2.75, 3.05) is 27.3 Å². The van der Waals surface area contributed by atoms with Gasteiger partial charge in [-0.3, -0.25) is 14.6 Å². The molecule has 1 fully saturated rings. The summed E-state index contributed by atoms with van der Waals surface area (Å²) in [6.07, 6.45) is 9.95. The Bertz CT molecular complexity index is 1060. The Hall–Kier alpha value is -3.87. The molecule has 0 spiro atoms. The molecule has 2 heterocycles. The summed E-state index contributed by atoms with van der Waals surface area (Å²) in [5.41, 5.74) is 1.93. The van der Waals surface area contributed by atoms with E-state index in [0.29, 0.717) is 35.7 Å². The highest BCUT2D eigenvalue weighted by atomic mass is 16.5. The minimum absolute atomic E-state index is 0.0825. The maximum absolute atomic E-state index is 13.2. The normalized spacial score (nSPS) is 15.2. The fraction of sp³-hybridized carbons (Fsp3) is 0.296. The molecule has 1 saturated heterocycles. The molecular weight excluding hydrogens is 430 g/mol. The number of nitrogens with zero attached hydrogens (tertiary/aromatic N) is 2. The minimum Gasteiger partial charge on any atom is -0.497 e. The van der Waals surface area contributed by atoms with Crippen molar-refractivity contribution in [3.63, 3.8) is 0 Å². The maximum Gasteiger partial charge on any atom is 0.257 e. The fourth-order valence-corrected chi connectivity index (χ4v) is 4.22. The number of carbonyl (C=O) groups is 2. The quantitative estimate of drug-likeness (QED) is 0.570. The molecule has 178 valence electrons. The SMILES string of the molecule is C=C/C=C(\C=C)C(NC(=O)c1ccncc1)C1CCN(C(=O)c2ccc(OC)cc2OC)CC1. The van der Waals surface area contributed by atoms with Crippen LogP contribution < -0.4 is 14.8 Å². The van der Waals surface area contributed by atoms with Crippen LogP contribution in [0.3, 0.4) is 0 Å². The van der Waals surface area contributed by atoms with Crippen LogP contribution in [0.15, 0.2) is 79.7 Å². The molecule has 1 aliphatic heterocycles. The molecular formula is C27H31N3O4. The van der Waals surface area contributed by atoms with Crippen molar-refractivity contribution in [1.82, 2.24) is 15.2 Å². The van der Waals surface area contributed by atoms with Crippen molar-refractivity contribution in [2.24, 2.45) is 5.92 Å². The molecule has 2 amide bonds. The number of hydrogen-bond acceptors (Lipinski definition) is 5. The van der Waals surface area contributed by atoms with E-state index in [2.05, 4.69) is 23.5 Å². The third-order valence-corrected chi connectivity index (χ3v) is 6.07. The second-order valence-electron chi connectivity index (χ2n) is 7.99. The van der Waals surface area contributed by atoms with Gasteiger partial charge in [0.2, 0.25) is 0 Å². The van der Waals surface area contributed by atoms with Gasteiger partial charge in [-0.05, 0) is 48.6 Å². The molecule has 7 heteroatoms. The molecule has 1 N–H and O–H groups in total. The third kappa shape index (κ3) is 5.73. The molecule has 1 aromatic heterocycles. The zero-order valence-corrected chi connectivity index (χ0v) is 19.7. The first-order valence-electron chi connectivity index (χ1n) is 11.2. The van der Waals surface area contributed by atoms with Crippen molar-refractivity contribution < 1.29 is 19.1 Å². The number of ether oxygens (including phenoxy) is 2. The van der Waals surface area contributed by atoms with Gasteiger partial charge in [0.25, 0.3) is 11.8 Å². The number of amides is 2. The first-order valence-corrected chi connectivity index (χ1v) is 11.2. The number of nitrogens with one attached hydrogen (secondary N) is 1. The molecule has 1 unspecified atom stereocenters. The molecule has 0 radical (unpaired) electrons. The summed E-state index contributed by atoms with van der Waals surface area (Å²) < 4.78 is 10.6. The highest BCUT2D eigenvalue weighted by Gasteiger charge is 2.32. The van der Waals surface area contributed by atoms with E-state index in [9.17, 15) is 9.59 Å². The van der Waals surface area contributed by atoms with E-state index in [1.807, 2.05) is 11.0 Å². The molecule has 1 aliphatic rings. The number of hydrogen-bond donors (Lipinski definition) is 1. The first kappa shape index (κ1) is 24.8. The van der Waals surface area contributed by atoms with E-state index < -0.39 is 0 Å². The number of methoxy groups -OCH3 is 2. The van der Waals surface area contributed by atoms with E-state index in [1.165, 1.54) is 7.11 Å². The second-order valence-corrected chi connectivity index (χ2v) is 7.99. The minimum atomic E-state index is -0.246. The topological polar surface area (TPSA) is 80.8 Å². The molecule has 7 nitrogen and oxygen atoms in total. The van der Waals surface area contributed by atoms with E-state index in [0.717, 1.165) is 18.4 Å². The van der Waals surface area contributed by atoms with Crippen LogP contribution in [0.2, 0.25) is 0 Å². The third-order valence-electron chi connectivity index (χ3n) is 6.07. The number of benzene rings is 1. The van der Waals surface area contributed by atoms with Crippen LogP contribution in [0.5, 0.6) is 11.5 Å². The van der Waals surface area contributed by atoms with Crippen molar-refractivity contribution >= 4 is 11.8 Å². The van der Waals surface area contributed by atoms with Crippen molar-refractivity contribution in [3.8, 4) is 11.5 Å². The van der Waals surface area contributed by atoms with Gasteiger partial charge in [0.1, 0.15) is 11.5 Å². The van der Waals surface area contributed by atoms with Gasteiger partial charge in [-0.25, -0.2) is 0 Å². The van der Waals surface area contributed by atoms with Crippen LogP contribution >= 0.6 is 0 Å². The summed E-state index contributed by atoms with van der Waals surface area (Å²) in [5.74, 6) is 0.992. The Morgan fingerprint density at radius 2 is 1.82 bits per heavy atom. The summed E-state index contributed by atoms with van der Waals surface area (Å²) in [5, 5.41) is 3.15. The standard InChI is InChI=1S/C27H31N3O4/c1-5-7-19(6-2)25(29-26(31)21-10-14-28-15-11-21)20-12-16-30(17-13-20)27(32)23-9-8-22(33-3)18-24(23)34-4/h5-11,14-15,18,20,25H,1-2,12-13,16-17H2,3-4H3,(H,29,31)/b19-7+. The van der Waals surface area contributed by atoms with Crippen LogP contribution in [0.25, 0.3) is 0 Å². The molecule has 0 bridgehead atoms. The number of likely N-dealkylation sites (tertiary alicyclic amines) is 1. The Kier molecular flexibility index (Phi) is 8.62. The van der Waals surface area contributed by atoms with E-state index in [4.69, 9.17) is 9.47 Å². The lowest BCUT2D eigenvalue weighted by atomic mass is 9.84. The predicted octanol–water partition coefficient (Wildman–Crippen LogP) is 4.05. The average molecular weight is 462 g/mol. The lowest BCUT2D eigenvalue weighted by Gasteiger charge is -2.37. The number of aromatic nitrogens is 1. The maximum atomic E-state index is 13.2. The summed E-state index contributed by atoms with van der Waals surface area (Å²) in [4.78, 5) is 31.9. The Balaban J connectivity index is 1.74. The Labute approximate surface area is 200 Å². The number of rotatable bonds is 9. The van der Waals surface area contributed by atoms with E-state index in [1.54, 1.807) is 62.0 Å². The van der Waals surface area contributed by atoms with Gasteiger partial charge in [-0.15, -0.1) is 0 Å². The molecule has 1 aromatic carbocycles. The number of allylic oxidation sites excluding steroid dienone is 2. The fourth-order valence-electron chi connectivity index (χ4n) is 4.22. The Morgan fingerprint density at radius 3 is 2.41 bits per heavy atom. The monoisotopic (exact) mass is 461 g/mol. The van der Waals surface area contributed by atoms with E-state index in [-0.39, 0.29) is 23.8 Å². The second kappa shape index (κ2) is 11.8. The van der Waals surface area contributed by atoms with Crippen molar-refractivity contribution in [1.29, 1.82) is 0 Å². The molecule has 2 aromatic rings. The molecule has 1 atom stereocenters. The van der Waals surface area contributed by atoms with Crippen LogP contribution in [0.1, 0.15) is 33.6 Å². The van der Waals surface area contributed by atoms with Crippen LogP contribution in [0.4, 0.5) is 0 Å². The van der Waals surface area contributed by atoms with Gasteiger partial charge in [-0.1, -0.05) is 31.4 Å². The van der Waals surface area contributed by atoms with Crippen molar-refractivity contribution in [3.05, 3.63) is 90.8 Å². The Morgan fingerprint density at radius 1 is 1.12 bits per heavy atom. The van der Waals surface area contributed by atoms with Gasteiger partial charge in [0.05, 0.1) is 25.8 Å². The smallest absolute Gasteiger partial charge is 0.257 e. The zero-order valence-electron chi connectivity index (χ0n) is 19.7. The zero-order chi connectivity index (χ0) is 24.5. The van der Waals surface area contributed by atoms with Gasteiger partial charge in [0, 0.05) is 37.1 Å². The lowest BCUT2D eigenvalue weighted by molar-refractivity contribution is 0.0665. The number of pyridine rings is 1. The van der Waals surface area contributed by atoms with Crippen LogP contribution in [-0.4, -0.2) is 55.0 Å². The average Bonchev–Trinajstić information content (AvgIpc) is 2.90. The van der Waals surface area contributed by atoms with E-state index >= 15 is 0 Å². The van der Waals surface area contributed by atoms with Crippen molar-refractivity contribution in [2.45, 2.75) is 18.9 Å². The van der Waals surface area contributed by atoms with Gasteiger partial charge in [-0.2, -0.15) is 0 Å². The van der Waals surface area contributed by atoms with Crippen LogP contribution in [0, 0.1) is 5.92 Å². The molecule has 0 aliphatic carbocycles. The summed E-state index contributed by atoms with van der Waals surface area (Å²) in [7, 11) is 3.11. The number of piperidine rings is 1. The molecule has 3 rings (SSSR count). The van der Waals surface area contributed by atoms with Crippen LogP contribution in [-0.2, 0) is 0 Å². The molecule has 34 heavy (non-hydrogen) atoms. The first-order chi connectivity index (χ1) is 16.5. The molecule has 0 saturated carbocycles. The highest BCUT2D eigenvalue weighted by Crippen LogP contribution is 2.30. The van der Waals surface area contributed by atoms with Gasteiger partial charge >= 0.3 is 0 Å². The van der Waals surface area contributed by atoms with Gasteiger partial charge < -0.3 is 19.7 Å².